The third-order valence-electron chi connectivity index (χ3n) is 0.416. The van der Waals surface area contributed by atoms with E-state index in [1.165, 1.54) is 0 Å². The topological polar surface area (TPSA) is 0 Å². The molecule has 0 N–H and O–H groups in total. The van der Waals surface area contributed by atoms with E-state index in [1.807, 2.05) is 6.08 Å². The molecule has 2 radical (unpaired) electrons. The predicted octanol–water partition coefficient (Wildman–Crippen LogP) is 2.06. The summed E-state index contributed by atoms with van der Waals surface area (Å²) in [6.45, 7) is 3.56. The Morgan fingerprint density at radius 3 is 2.43 bits per heavy atom. The molecule has 0 aliphatic carbocycles. The second-order valence-electron chi connectivity index (χ2n) is 0.998. The Hall–Kier alpha value is 1.12. The predicted molar refractivity (Wildman–Crippen MR) is 36.3 cm³/mol. The van der Waals surface area contributed by atoms with Gasteiger partial charge in [0, 0.05) is 0 Å². The van der Waals surface area contributed by atoms with Crippen LogP contribution in [0.15, 0.2) is 12.7 Å². The molecule has 0 rings (SSSR count). The number of alkyl halides is 2. The number of rotatable bonds is 3. The van der Waals surface area contributed by atoms with Crippen molar-refractivity contribution in [3.8, 4) is 0 Å². The van der Waals surface area contributed by atoms with Gasteiger partial charge < -0.3 is 0 Å². The molecule has 0 spiro atoms. The van der Waals surface area contributed by atoms with E-state index in [0.717, 1.165) is 4.44 Å². The van der Waals surface area contributed by atoms with Crippen LogP contribution in [0.25, 0.3) is 0 Å². The quantitative estimate of drug-likeness (QED) is 0.404. The number of allylic oxidation sites excluding steroid dienone is 1. The van der Waals surface area contributed by atoms with E-state index in [0.29, 0.717) is 0 Å². The van der Waals surface area contributed by atoms with Crippen molar-refractivity contribution in [2.45, 2.75) is 7.29 Å². The molecule has 0 saturated heterocycles. The summed E-state index contributed by atoms with van der Waals surface area (Å²) in [5, 5.41) is 0. The van der Waals surface area contributed by atoms with Gasteiger partial charge in [0.15, 0.2) is 0 Å². The van der Waals surface area contributed by atoms with E-state index < -0.39 is 21.1 Å². The molecular formula is C4H6Cl2Sn. The first-order valence-electron chi connectivity index (χ1n) is 1.90. The second-order valence-corrected chi connectivity index (χ2v) is 8.16. The van der Waals surface area contributed by atoms with Crippen LogP contribution in [-0.2, 0) is 0 Å². The zero-order valence-electron chi connectivity index (χ0n) is 3.82. The molecule has 0 unspecified atom stereocenters. The van der Waals surface area contributed by atoms with Gasteiger partial charge in [0.25, 0.3) is 0 Å². The Morgan fingerprint density at radius 2 is 2.29 bits per heavy atom. The van der Waals surface area contributed by atoms with Crippen LogP contribution < -0.4 is 0 Å². The molecule has 0 aliphatic heterocycles. The third kappa shape index (κ3) is 7.12. The van der Waals surface area contributed by atoms with Crippen LogP contribution in [0, 0.1) is 0 Å². The van der Waals surface area contributed by atoms with Crippen molar-refractivity contribution in [2.24, 2.45) is 0 Å². The molecule has 0 nitrogen and oxygen atoms in total. The summed E-state index contributed by atoms with van der Waals surface area (Å²) in [5.41, 5.74) is 0. The van der Waals surface area contributed by atoms with Gasteiger partial charge in [-0.25, -0.2) is 0 Å². The van der Waals surface area contributed by atoms with E-state index in [-0.39, 0.29) is 2.85 Å². The monoisotopic (exact) mass is 244 g/mol. The second kappa shape index (κ2) is 5.26. The molecule has 0 atom stereocenters. The maximum absolute atomic E-state index is 5.45. The summed E-state index contributed by atoms with van der Waals surface area (Å²) in [6.07, 6.45) is 1.88. The maximum atomic E-state index is 5.45. The van der Waals surface area contributed by atoms with Gasteiger partial charge in [0.1, 0.15) is 0 Å². The van der Waals surface area contributed by atoms with E-state index in [2.05, 4.69) is 6.58 Å². The Balaban J connectivity index is 2.81. The third-order valence-corrected chi connectivity index (χ3v) is 4.86. The Kier molecular flexibility index (Phi) is 6.10. The molecule has 0 saturated carbocycles. The van der Waals surface area contributed by atoms with E-state index in [4.69, 9.17) is 23.2 Å². The summed E-state index contributed by atoms with van der Waals surface area (Å²) in [4.78, 5) is 0. The van der Waals surface area contributed by atoms with Crippen LogP contribution in [-0.4, -0.2) is 24.0 Å². The van der Waals surface area contributed by atoms with Gasteiger partial charge in [-0.1, -0.05) is 0 Å². The first kappa shape index (κ1) is 8.12. The molecule has 0 fully saturated rings. The van der Waals surface area contributed by atoms with Gasteiger partial charge in [-0.3, -0.25) is 0 Å². The van der Waals surface area contributed by atoms with Gasteiger partial charge >= 0.3 is 64.3 Å². The Bertz CT molecular complexity index is 53.7. The molecule has 0 heterocycles. The molecule has 3 heteroatoms. The first-order valence-corrected chi connectivity index (χ1v) is 6.43. The fraction of sp³-hybridized carbons (Fsp3) is 0.500. The zero-order chi connectivity index (χ0) is 5.70. The average molecular weight is 244 g/mol. The van der Waals surface area contributed by atoms with E-state index in [9.17, 15) is 0 Å². The standard InChI is InChI=1S/C3H5.CHCl2.Sn/c1-3-2;2-1-3;/h3H,1-2H2;1H;. The minimum absolute atomic E-state index is 0.0541. The normalized spacial score (nSPS) is 9.57. The van der Waals surface area contributed by atoms with Gasteiger partial charge in [-0.15, -0.1) is 0 Å². The summed E-state index contributed by atoms with van der Waals surface area (Å²) in [6, 6.07) is 0. The van der Waals surface area contributed by atoms with Crippen molar-refractivity contribution in [2.75, 3.05) is 0 Å². The number of halogens is 2. The van der Waals surface area contributed by atoms with Crippen LogP contribution in [0.2, 0.25) is 4.44 Å². The first-order chi connectivity index (χ1) is 3.27. The molecule has 0 aromatic carbocycles. The van der Waals surface area contributed by atoms with Crippen molar-refractivity contribution in [1.29, 1.82) is 0 Å². The van der Waals surface area contributed by atoms with Gasteiger partial charge in [0.05, 0.1) is 0 Å². The Labute approximate surface area is 64.1 Å². The summed E-state index contributed by atoms with van der Waals surface area (Å²) >= 11 is 10.4. The van der Waals surface area contributed by atoms with E-state index in [1.54, 1.807) is 0 Å². The zero-order valence-corrected chi connectivity index (χ0v) is 8.19. The number of hydrogen-bond acceptors (Lipinski definition) is 0. The Morgan fingerprint density at radius 1 is 1.71 bits per heavy atom. The van der Waals surface area contributed by atoms with Crippen molar-refractivity contribution in [3.05, 3.63) is 12.7 Å². The minimum atomic E-state index is -0.477. The van der Waals surface area contributed by atoms with Gasteiger partial charge in [0.2, 0.25) is 0 Å². The summed E-state index contributed by atoms with van der Waals surface area (Å²) in [5.74, 6) is 0. The van der Waals surface area contributed by atoms with Crippen molar-refractivity contribution in [1.82, 2.24) is 0 Å². The van der Waals surface area contributed by atoms with Crippen LogP contribution in [0.4, 0.5) is 0 Å². The van der Waals surface area contributed by atoms with Crippen molar-refractivity contribution in [3.63, 3.8) is 0 Å². The molecule has 7 heavy (non-hydrogen) atoms. The average Bonchev–Trinajstić information content (AvgIpc) is 1.61. The molecule has 0 aliphatic rings. The van der Waals surface area contributed by atoms with Crippen LogP contribution in [0.3, 0.4) is 0 Å². The van der Waals surface area contributed by atoms with E-state index >= 15 is 0 Å². The molecule has 0 bridgehead atoms. The molecule has 0 aromatic rings. The molecule has 0 aromatic heterocycles. The molecule has 0 amide bonds. The molecular weight excluding hydrogens is 238 g/mol. The van der Waals surface area contributed by atoms with Gasteiger partial charge in [-0.05, 0) is 0 Å². The summed E-state index contributed by atoms with van der Waals surface area (Å²) in [7, 11) is 0. The van der Waals surface area contributed by atoms with Crippen molar-refractivity contribution >= 4 is 44.3 Å². The van der Waals surface area contributed by atoms with Crippen molar-refractivity contribution < 1.29 is 0 Å². The van der Waals surface area contributed by atoms with Gasteiger partial charge in [-0.2, -0.15) is 0 Å². The van der Waals surface area contributed by atoms with Crippen LogP contribution in [0.1, 0.15) is 0 Å². The SMILES string of the molecule is C=C[CH2][Sn][CH](Cl)Cl. The van der Waals surface area contributed by atoms with Crippen LogP contribution >= 0.6 is 23.2 Å². The fourth-order valence-corrected chi connectivity index (χ4v) is 2.35. The summed E-state index contributed by atoms with van der Waals surface area (Å²) < 4.78 is 1.02. The van der Waals surface area contributed by atoms with Crippen LogP contribution in [0.5, 0.6) is 0 Å². The molecule has 40 valence electrons. The number of hydrogen-bond donors (Lipinski definition) is 0. The fourth-order valence-electron chi connectivity index (χ4n) is 0.172.